The Balaban J connectivity index is 1.24. The number of halogens is 3. The molecule has 1 saturated carbocycles. The smallest absolute Gasteiger partial charge is 0.401 e. The number of fused-ring (bicyclic) bond motifs is 2. The lowest BCUT2D eigenvalue weighted by molar-refractivity contribution is -0.144. The van der Waals surface area contributed by atoms with Crippen molar-refractivity contribution in [2.24, 2.45) is 17.8 Å². The second kappa shape index (κ2) is 6.68. The summed E-state index contributed by atoms with van der Waals surface area (Å²) in [4.78, 5) is 4.67. The number of aromatic nitrogens is 1. The SMILES string of the molecule is Nc1c[nH]c2ccc(OCCC3C[C@@H]4CN(CC(F)(F)F)C[C@@H]4C3)cc12. The summed E-state index contributed by atoms with van der Waals surface area (Å²) in [6.45, 7) is 1.04. The molecule has 1 aromatic carbocycles. The fraction of sp³-hybridized carbons (Fsp3) is 0.579. The van der Waals surface area contributed by atoms with E-state index < -0.39 is 12.7 Å². The Morgan fingerprint density at radius 3 is 2.62 bits per heavy atom. The van der Waals surface area contributed by atoms with Gasteiger partial charge in [0.2, 0.25) is 0 Å². The van der Waals surface area contributed by atoms with Gasteiger partial charge in [-0.3, -0.25) is 4.90 Å². The van der Waals surface area contributed by atoms with E-state index in [9.17, 15) is 13.2 Å². The van der Waals surface area contributed by atoms with Crippen molar-refractivity contribution in [1.29, 1.82) is 0 Å². The lowest BCUT2D eigenvalue weighted by Gasteiger charge is -2.20. The summed E-state index contributed by atoms with van der Waals surface area (Å²) in [6, 6.07) is 5.83. The molecular weight excluding hydrogens is 343 g/mol. The number of aromatic amines is 1. The summed E-state index contributed by atoms with van der Waals surface area (Å²) in [7, 11) is 0. The second-order valence-electron chi connectivity index (χ2n) is 7.76. The van der Waals surface area contributed by atoms with Crippen LogP contribution >= 0.6 is 0 Å². The van der Waals surface area contributed by atoms with Crippen LogP contribution in [0.2, 0.25) is 0 Å². The molecule has 1 saturated heterocycles. The highest BCUT2D eigenvalue weighted by Gasteiger charge is 2.43. The molecule has 1 unspecified atom stereocenters. The van der Waals surface area contributed by atoms with Gasteiger partial charge >= 0.3 is 6.18 Å². The van der Waals surface area contributed by atoms with Gasteiger partial charge in [-0.25, -0.2) is 0 Å². The topological polar surface area (TPSA) is 54.3 Å². The fourth-order valence-electron chi connectivity index (χ4n) is 4.70. The van der Waals surface area contributed by atoms with Crippen LogP contribution in [0, 0.1) is 17.8 Å². The number of likely N-dealkylation sites (tertiary alicyclic amines) is 1. The summed E-state index contributed by atoms with van der Waals surface area (Å²) < 4.78 is 43.4. The Morgan fingerprint density at radius 2 is 1.92 bits per heavy atom. The number of hydrogen-bond donors (Lipinski definition) is 2. The third-order valence-electron chi connectivity index (χ3n) is 5.81. The minimum Gasteiger partial charge on any atom is -0.494 e. The highest BCUT2D eigenvalue weighted by molar-refractivity contribution is 5.92. The van der Waals surface area contributed by atoms with Gasteiger partial charge in [0.05, 0.1) is 18.8 Å². The van der Waals surface area contributed by atoms with Crippen molar-refractivity contribution in [2.45, 2.75) is 25.4 Å². The standard InChI is InChI=1S/C19H24F3N3O/c20-19(21,22)11-25-9-13-5-12(6-14(13)10-25)3-4-26-15-1-2-18-16(7-15)17(23)8-24-18/h1-2,7-8,12-14,24H,3-6,9-11,23H2/t12?,13-,14+. The highest BCUT2D eigenvalue weighted by atomic mass is 19.4. The molecule has 26 heavy (non-hydrogen) atoms. The van der Waals surface area contributed by atoms with Crippen molar-refractivity contribution in [3.05, 3.63) is 24.4 Å². The van der Waals surface area contributed by atoms with Crippen LogP contribution in [0.15, 0.2) is 24.4 Å². The van der Waals surface area contributed by atoms with E-state index in [-0.39, 0.29) is 0 Å². The summed E-state index contributed by atoms with van der Waals surface area (Å²) in [5.74, 6) is 2.19. The number of nitrogens with two attached hydrogens (primary N) is 1. The number of nitrogen functional groups attached to an aromatic ring is 1. The lowest BCUT2D eigenvalue weighted by atomic mass is 10.0. The zero-order valence-corrected chi connectivity index (χ0v) is 14.6. The molecule has 2 aliphatic rings. The Bertz CT molecular complexity index is 759. The predicted molar refractivity (Wildman–Crippen MR) is 95.0 cm³/mol. The van der Waals surface area contributed by atoms with Crippen LogP contribution < -0.4 is 10.5 Å². The highest BCUT2D eigenvalue weighted by Crippen LogP contribution is 2.43. The zero-order chi connectivity index (χ0) is 18.3. The van der Waals surface area contributed by atoms with Gasteiger partial charge in [-0.05, 0) is 55.2 Å². The quantitative estimate of drug-likeness (QED) is 0.839. The average Bonchev–Trinajstić information content (AvgIpc) is 3.20. The van der Waals surface area contributed by atoms with Gasteiger partial charge in [-0.15, -0.1) is 0 Å². The molecule has 3 atom stereocenters. The number of alkyl halides is 3. The normalized spacial score (nSPS) is 26.5. The number of hydrogen-bond acceptors (Lipinski definition) is 3. The minimum atomic E-state index is -4.09. The number of benzene rings is 1. The van der Waals surface area contributed by atoms with Crippen LogP contribution in [0.4, 0.5) is 18.9 Å². The van der Waals surface area contributed by atoms with Crippen molar-refractivity contribution >= 4 is 16.6 Å². The molecule has 4 rings (SSSR count). The van der Waals surface area contributed by atoms with Crippen molar-refractivity contribution < 1.29 is 17.9 Å². The van der Waals surface area contributed by atoms with Gasteiger partial charge in [-0.2, -0.15) is 13.2 Å². The van der Waals surface area contributed by atoms with Crippen molar-refractivity contribution in [1.82, 2.24) is 9.88 Å². The molecule has 2 fully saturated rings. The van der Waals surface area contributed by atoms with E-state index in [1.165, 1.54) is 0 Å². The Morgan fingerprint density at radius 1 is 1.19 bits per heavy atom. The van der Waals surface area contributed by atoms with Crippen molar-refractivity contribution in [3.8, 4) is 5.75 Å². The molecule has 0 bridgehead atoms. The zero-order valence-electron chi connectivity index (χ0n) is 14.6. The molecule has 1 aromatic heterocycles. The summed E-state index contributed by atoms with van der Waals surface area (Å²) in [6.07, 6.45) is 0.676. The van der Waals surface area contributed by atoms with Crippen LogP contribution in [0.3, 0.4) is 0 Å². The Kier molecular flexibility index (Phi) is 4.50. The monoisotopic (exact) mass is 367 g/mol. The largest absolute Gasteiger partial charge is 0.494 e. The van der Waals surface area contributed by atoms with E-state index in [4.69, 9.17) is 10.5 Å². The van der Waals surface area contributed by atoms with Gasteiger partial charge in [0.15, 0.2) is 0 Å². The molecule has 0 amide bonds. The maximum atomic E-state index is 12.5. The van der Waals surface area contributed by atoms with Gasteiger partial charge in [-0.1, -0.05) is 0 Å². The maximum Gasteiger partial charge on any atom is 0.401 e. The summed E-state index contributed by atoms with van der Waals surface area (Å²) in [5, 5.41) is 0.961. The lowest BCUT2D eigenvalue weighted by Crippen LogP contribution is -2.33. The van der Waals surface area contributed by atoms with Crippen LogP contribution in [0.5, 0.6) is 5.75 Å². The molecule has 3 N–H and O–H groups in total. The average molecular weight is 367 g/mol. The van der Waals surface area contributed by atoms with E-state index >= 15 is 0 Å². The van der Waals surface area contributed by atoms with E-state index in [1.54, 1.807) is 11.1 Å². The number of nitrogens with one attached hydrogen (secondary N) is 1. The van der Waals surface area contributed by atoms with Crippen LogP contribution in [0.25, 0.3) is 10.9 Å². The minimum absolute atomic E-state index is 0.415. The Labute approximate surface area is 150 Å². The van der Waals surface area contributed by atoms with Crippen LogP contribution in [0.1, 0.15) is 19.3 Å². The first kappa shape index (κ1) is 17.5. The fourth-order valence-corrected chi connectivity index (χ4v) is 4.70. The van der Waals surface area contributed by atoms with Gasteiger partial charge in [0, 0.05) is 30.2 Å². The van der Waals surface area contributed by atoms with E-state index in [0.717, 1.165) is 35.9 Å². The Hall–Kier alpha value is -1.89. The molecule has 2 aromatic rings. The summed E-state index contributed by atoms with van der Waals surface area (Å²) >= 11 is 0. The molecule has 2 heterocycles. The van der Waals surface area contributed by atoms with E-state index in [1.807, 2.05) is 18.2 Å². The molecule has 0 spiro atoms. The molecule has 142 valence electrons. The molecular formula is C19H24F3N3O. The second-order valence-corrected chi connectivity index (χ2v) is 7.76. The third kappa shape index (κ3) is 3.77. The van der Waals surface area contributed by atoms with Gasteiger partial charge in [0.25, 0.3) is 0 Å². The number of H-pyrrole nitrogens is 1. The summed E-state index contributed by atoms with van der Waals surface area (Å²) in [5.41, 5.74) is 7.61. The third-order valence-corrected chi connectivity index (χ3v) is 5.81. The van der Waals surface area contributed by atoms with Gasteiger partial charge < -0.3 is 15.5 Å². The van der Waals surface area contributed by atoms with Crippen LogP contribution in [-0.2, 0) is 0 Å². The first-order valence-corrected chi connectivity index (χ1v) is 9.16. The molecule has 1 aliphatic carbocycles. The van der Waals surface area contributed by atoms with E-state index in [0.29, 0.717) is 43.1 Å². The van der Waals surface area contributed by atoms with E-state index in [2.05, 4.69) is 4.98 Å². The first-order chi connectivity index (χ1) is 12.4. The molecule has 7 heteroatoms. The molecule has 1 aliphatic heterocycles. The van der Waals surface area contributed by atoms with Crippen molar-refractivity contribution in [3.63, 3.8) is 0 Å². The van der Waals surface area contributed by atoms with Gasteiger partial charge in [0.1, 0.15) is 5.75 Å². The molecule has 4 nitrogen and oxygen atoms in total. The van der Waals surface area contributed by atoms with Crippen LogP contribution in [-0.4, -0.2) is 42.3 Å². The number of anilines is 1. The number of rotatable bonds is 5. The van der Waals surface area contributed by atoms with Crippen molar-refractivity contribution in [2.75, 3.05) is 32.0 Å². The molecule has 0 radical (unpaired) electrons. The maximum absolute atomic E-state index is 12.5. The predicted octanol–water partition coefficient (Wildman–Crippen LogP) is 4.04. The number of nitrogens with zero attached hydrogens (tertiary/aromatic N) is 1. The number of ether oxygens (including phenoxy) is 1. The first-order valence-electron chi connectivity index (χ1n) is 9.16.